The van der Waals surface area contributed by atoms with Crippen molar-refractivity contribution in [1.29, 1.82) is 0 Å². The lowest BCUT2D eigenvalue weighted by atomic mass is 10.1. The molecule has 162 valence electrons. The summed E-state index contributed by atoms with van der Waals surface area (Å²) in [6.07, 6.45) is -4.04. The molecule has 2 aromatic carbocycles. The molecule has 0 bridgehead atoms. The lowest BCUT2D eigenvalue weighted by Gasteiger charge is -2.31. The standard InChI is InChI=1S/C19H19F4N3O3S/c20-14-4-6-15(7-5-14)24-18(27)25-16-8-10-26(11-9-16)30(28,29)17-3-1-2-13(12-17)19(21,22)23/h1-7,12,16H,8-11H2,(H2,24,25,27). The predicted octanol–water partition coefficient (Wildman–Crippen LogP) is 3.82. The van der Waals surface area contributed by atoms with Gasteiger partial charge in [-0.1, -0.05) is 6.07 Å². The molecule has 0 aliphatic carbocycles. The first-order chi connectivity index (χ1) is 14.1. The topological polar surface area (TPSA) is 78.5 Å². The van der Waals surface area contributed by atoms with Gasteiger partial charge in [0.1, 0.15) is 5.82 Å². The number of hydrogen-bond donors (Lipinski definition) is 2. The average Bonchev–Trinajstić information content (AvgIpc) is 2.69. The molecule has 0 atom stereocenters. The first-order valence-electron chi connectivity index (χ1n) is 9.06. The van der Waals surface area contributed by atoms with Crippen molar-refractivity contribution in [1.82, 2.24) is 9.62 Å². The average molecular weight is 445 g/mol. The van der Waals surface area contributed by atoms with E-state index in [0.29, 0.717) is 24.6 Å². The highest BCUT2D eigenvalue weighted by Crippen LogP contribution is 2.31. The van der Waals surface area contributed by atoms with E-state index in [4.69, 9.17) is 0 Å². The second-order valence-corrected chi connectivity index (χ2v) is 8.75. The third kappa shape index (κ3) is 5.28. The molecule has 2 N–H and O–H groups in total. The summed E-state index contributed by atoms with van der Waals surface area (Å²) >= 11 is 0. The van der Waals surface area contributed by atoms with E-state index in [1.807, 2.05) is 0 Å². The highest BCUT2D eigenvalue weighted by molar-refractivity contribution is 7.89. The van der Waals surface area contributed by atoms with Crippen LogP contribution in [0.25, 0.3) is 0 Å². The molecular formula is C19H19F4N3O3S. The van der Waals surface area contributed by atoms with Crippen molar-refractivity contribution in [3.8, 4) is 0 Å². The molecule has 3 rings (SSSR count). The first kappa shape index (κ1) is 22.0. The van der Waals surface area contributed by atoms with Crippen LogP contribution in [0.2, 0.25) is 0 Å². The predicted molar refractivity (Wildman–Crippen MR) is 102 cm³/mol. The summed E-state index contributed by atoms with van der Waals surface area (Å²) in [4.78, 5) is 11.6. The number of carbonyl (C=O) groups excluding carboxylic acids is 1. The van der Waals surface area contributed by atoms with Crippen molar-refractivity contribution in [3.05, 3.63) is 59.9 Å². The third-order valence-corrected chi connectivity index (χ3v) is 6.59. The Balaban J connectivity index is 1.58. The molecule has 2 amide bonds. The van der Waals surface area contributed by atoms with Gasteiger partial charge in [0.05, 0.1) is 10.5 Å². The van der Waals surface area contributed by atoms with Gasteiger partial charge < -0.3 is 10.6 Å². The number of benzene rings is 2. The van der Waals surface area contributed by atoms with Crippen LogP contribution in [0.5, 0.6) is 0 Å². The van der Waals surface area contributed by atoms with Gasteiger partial charge >= 0.3 is 12.2 Å². The van der Waals surface area contributed by atoms with Crippen LogP contribution in [0.4, 0.5) is 28.0 Å². The second-order valence-electron chi connectivity index (χ2n) is 6.81. The van der Waals surface area contributed by atoms with Crippen LogP contribution >= 0.6 is 0 Å². The Labute approximate surface area is 170 Å². The highest BCUT2D eigenvalue weighted by atomic mass is 32.2. The smallest absolute Gasteiger partial charge is 0.335 e. The van der Waals surface area contributed by atoms with Gasteiger partial charge in [0.25, 0.3) is 0 Å². The number of hydrogen-bond acceptors (Lipinski definition) is 3. The fourth-order valence-corrected chi connectivity index (χ4v) is 4.62. The summed E-state index contributed by atoms with van der Waals surface area (Å²) in [6.45, 7) is 0.111. The molecule has 1 saturated heterocycles. The zero-order valence-corrected chi connectivity index (χ0v) is 16.4. The molecule has 0 saturated carbocycles. The van der Waals surface area contributed by atoms with Crippen LogP contribution in [0.15, 0.2) is 53.4 Å². The largest absolute Gasteiger partial charge is 0.416 e. The number of piperidine rings is 1. The van der Waals surface area contributed by atoms with Crippen molar-refractivity contribution >= 4 is 21.7 Å². The van der Waals surface area contributed by atoms with Crippen LogP contribution in [0, 0.1) is 5.82 Å². The number of halogens is 4. The number of carbonyl (C=O) groups is 1. The first-order valence-corrected chi connectivity index (χ1v) is 10.5. The van der Waals surface area contributed by atoms with Crippen LogP contribution < -0.4 is 10.6 Å². The highest BCUT2D eigenvalue weighted by Gasteiger charge is 2.34. The Kier molecular flexibility index (Phi) is 6.32. The van der Waals surface area contributed by atoms with Crippen molar-refractivity contribution in [2.45, 2.75) is 30.0 Å². The lowest BCUT2D eigenvalue weighted by molar-refractivity contribution is -0.137. The second kappa shape index (κ2) is 8.60. The Hall–Kier alpha value is -2.66. The van der Waals surface area contributed by atoms with Crippen molar-refractivity contribution < 1.29 is 30.8 Å². The fourth-order valence-electron chi connectivity index (χ4n) is 3.11. The van der Waals surface area contributed by atoms with Gasteiger partial charge in [0.15, 0.2) is 0 Å². The van der Waals surface area contributed by atoms with Crippen LogP contribution in [-0.4, -0.2) is 37.9 Å². The number of nitrogens with one attached hydrogen (secondary N) is 2. The fraction of sp³-hybridized carbons (Fsp3) is 0.316. The number of urea groups is 1. The van der Waals surface area contributed by atoms with Crippen LogP contribution in [-0.2, 0) is 16.2 Å². The third-order valence-electron chi connectivity index (χ3n) is 4.69. The Morgan fingerprint density at radius 2 is 1.67 bits per heavy atom. The number of alkyl halides is 3. The molecule has 1 heterocycles. The minimum absolute atomic E-state index is 0.0556. The molecule has 1 fully saturated rings. The molecule has 0 aromatic heterocycles. The molecule has 6 nitrogen and oxygen atoms in total. The van der Waals surface area contributed by atoms with E-state index in [1.54, 1.807) is 0 Å². The maximum absolute atomic E-state index is 12.9. The van der Waals surface area contributed by atoms with Crippen LogP contribution in [0.1, 0.15) is 18.4 Å². The van der Waals surface area contributed by atoms with Crippen LogP contribution in [0.3, 0.4) is 0 Å². The molecule has 0 radical (unpaired) electrons. The van der Waals surface area contributed by atoms with Gasteiger partial charge in [-0.25, -0.2) is 17.6 Å². The SMILES string of the molecule is O=C(Nc1ccc(F)cc1)NC1CCN(S(=O)(=O)c2cccc(C(F)(F)F)c2)CC1. The van der Waals surface area contributed by atoms with Gasteiger partial charge in [0.2, 0.25) is 10.0 Å². The number of rotatable bonds is 4. The molecule has 0 spiro atoms. The summed E-state index contributed by atoms with van der Waals surface area (Å²) in [5, 5.41) is 5.26. The summed E-state index contributed by atoms with van der Waals surface area (Å²) in [5.41, 5.74) is -0.629. The molecular weight excluding hydrogens is 426 g/mol. The minimum atomic E-state index is -4.64. The van der Waals surface area contributed by atoms with Crippen molar-refractivity contribution in [2.75, 3.05) is 18.4 Å². The lowest BCUT2D eigenvalue weighted by Crippen LogP contribution is -2.47. The van der Waals surface area contributed by atoms with Crippen molar-refractivity contribution in [2.24, 2.45) is 0 Å². The quantitative estimate of drug-likeness (QED) is 0.703. The summed E-state index contributed by atoms with van der Waals surface area (Å²) in [5.74, 6) is -0.435. The number of nitrogens with zero attached hydrogens (tertiary/aromatic N) is 1. The van der Waals surface area contributed by atoms with E-state index in [9.17, 15) is 30.8 Å². The molecule has 2 aromatic rings. The van der Waals surface area contributed by atoms with Gasteiger partial charge in [-0.15, -0.1) is 0 Å². The van der Waals surface area contributed by atoms with E-state index >= 15 is 0 Å². The maximum atomic E-state index is 12.9. The molecule has 1 aliphatic heterocycles. The zero-order valence-electron chi connectivity index (χ0n) is 15.6. The summed E-state index contributed by atoms with van der Waals surface area (Å²) < 4.78 is 78.0. The van der Waals surface area contributed by atoms with E-state index < -0.39 is 38.5 Å². The Morgan fingerprint density at radius 3 is 2.27 bits per heavy atom. The normalized spacial score (nSPS) is 16.3. The van der Waals surface area contributed by atoms with E-state index in [1.165, 1.54) is 24.3 Å². The van der Waals surface area contributed by atoms with Gasteiger partial charge in [-0.2, -0.15) is 17.5 Å². The van der Waals surface area contributed by atoms with E-state index in [-0.39, 0.29) is 19.1 Å². The maximum Gasteiger partial charge on any atom is 0.416 e. The number of anilines is 1. The van der Waals surface area contributed by atoms with E-state index in [2.05, 4.69) is 10.6 Å². The summed E-state index contributed by atoms with van der Waals surface area (Å²) in [7, 11) is -4.08. The van der Waals surface area contributed by atoms with Gasteiger partial charge in [-0.05, 0) is 55.3 Å². The van der Waals surface area contributed by atoms with Crippen molar-refractivity contribution in [3.63, 3.8) is 0 Å². The Bertz CT molecular complexity index is 1000. The Morgan fingerprint density at radius 1 is 1.03 bits per heavy atom. The zero-order chi connectivity index (χ0) is 21.9. The van der Waals surface area contributed by atoms with E-state index in [0.717, 1.165) is 22.5 Å². The molecule has 11 heteroatoms. The monoisotopic (exact) mass is 445 g/mol. The van der Waals surface area contributed by atoms with Gasteiger partial charge in [0, 0.05) is 24.8 Å². The van der Waals surface area contributed by atoms with Gasteiger partial charge in [-0.3, -0.25) is 0 Å². The minimum Gasteiger partial charge on any atom is -0.335 e. The summed E-state index contributed by atoms with van der Waals surface area (Å²) in [6, 6.07) is 8.01. The number of sulfonamides is 1. The molecule has 1 aliphatic rings. The number of amides is 2. The molecule has 30 heavy (non-hydrogen) atoms. The molecule has 0 unspecified atom stereocenters.